The maximum atomic E-state index is 13.0. The van der Waals surface area contributed by atoms with Crippen LogP contribution in [0.15, 0.2) is 36.4 Å². The number of ether oxygens (including phenoxy) is 2. The topological polar surface area (TPSA) is 68.7 Å². The molecule has 32 heavy (non-hydrogen) atoms. The fourth-order valence-corrected chi connectivity index (χ4v) is 4.56. The van der Waals surface area contributed by atoms with E-state index in [0.717, 1.165) is 11.1 Å². The van der Waals surface area contributed by atoms with E-state index in [1.54, 1.807) is 17.0 Å². The first-order valence-electron chi connectivity index (χ1n) is 10.5. The number of Topliss-reactive ketones (excluding diaryl/α,β-unsaturated/α-hetero) is 1. The van der Waals surface area contributed by atoms with Crippen molar-refractivity contribution in [2.75, 3.05) is 13.1 Å². The van der Waals surface area contributed by atoms with E-state index in [4.69, 9.17) is 21.1 Å². The van der Waals surface area contributed by atoms with Crippen LogP contribution in [0.25, 0.3) is 0 Å². The van der Waals surface area contributed by atoms with Gasteiger partial charge in [-0.2, -0.15) is 12.6 Å². The molecule has 1 fully saturated rings. The number of nitrogens with zero attached hydrogens (tertiary/aromatic N) is 2. The van der Waals surface area contributed by atoms with E-state index in [0.29, 0.717) is 36.1 Å². The van der Waals surface area contributed by atoms with Crippen LogP contribution in [0.3, 0.4) is 0 Å². The second-order valence-electron chi connectivity index (χ2n) is 9.71. The molecule has 8 heteroatoms. The largest absolute Gasteiger partial charge is 0.444 e. The molecule has 0 aliphatic carbocycles. The van der Waals surface area contributed by atoms with Gasteiger partial charge in [-0.05, 0) is 57.0 Å². The molecular weight excluding hydrogens is 448 g/mol. The van der Waals surface area contributed by atoms with Crippen LogP contribution in [-0.4, -0.2) is 40.5 Å². The van der Waals surface area contributed by atoms with Crippen LogP contribution in [0.2, 0.25) is 5.15 Å². The van der Waals surface area contributed by atoms with E-state index < -0.39 is 15.9 Å². The van der Waals surface area contributed by atoms with Crippen molar-refractivity contribution < 1.29 is 19.1 Å². The van der Waals surface area contributed by atoms with Gasteiger partial charge in [0.05, 0.1) is 30.1 Å². The van der Waals surface area contributed by atoms with E-state index in [2.05, 4.69) is 17.6 Å². The highest BCUT2D eigenvalue weighted by Crippen LogP contribution is 2.44. The van der Waals surface area contributed by atoms with Crippen molar-refractivity contribution in [1.29, 1.82) is 0 Å². The molecule has 1 amide bonds. The SMILES string of the molecule is CC(C)(C)OC(=O)N1CC2(C1)OCc1cc(C(=O)CC(C)(S)c3cccc(Cl)n3)ccc12. The zero-order valence-corrected chi connectivity index (χ0v) is 20.3. The number of benzene rings is 1. The molecule has 1 atom stereocenters. The Morgan fingerprint density at radius 2 is 1.94 bits per heavy atom. The van der Waals surface area contributed by atoms with E-state index in [1.165, 1.54) is 0 Å². The number of amides is 1. The lowest BCUT2D eigenvalue weighted by atomic mass is 9.84. The second kappa shape index (κ2) is 8.04. The van der Waals surface area contributed by atoms with E-state index in [-0.39, 0.29) is 18.3 Å². The summed E-state index contributed by atoms with van der Waals surface area (Å²) in [5.74, 6) is -0.0305. The first-order chi connectivity index (χ1) is 14.9. The molecule has 0 radical (unpaired) electrons. The number of hydrogen-bond donors (Lipinski definition) is 1. The molecule has 4 rings (SSSR count). The zero-order valence-electron chi connectivity index (χ0n) is 18.6. The van der Waals surface area contributed by atoms with Crippen molar-refractivity contribution >= 4 is 36.1 Å². The average Bonchev–Trinajstić information content (AvgIpc) is 3.04. The molecule has 1 aromatic carbocycles. The highest BCUT2D eigenvalue weighted by atomic mass is 35.5. The number of aromatic nitrogens is 1. The average molecular weight is 475 g/mol. The van der Waals surface area contributed by atoms with Crippen molar-refractivity contribution in [3.05, 3.63) is 63.9 Å². The Bertz CT molecular complexity index is 1070. The van der Waals surface area contributed by atoms with Gasteiger partial charge in [0.25, 0.3) is 0 Å². The van der Waals surface area contributed by atoms with Gasteiger partial charge in [0, 0.05) is 12.0 Å². The molecule has 2 aromatic rings. The summed E-state index contributed by atoms with van der Waals surface area (Å²) < 4.78 is 10.8. The van der Waals surface area contributed by atoms with E-state index in [9.17, 15) is 9.59 Å². The Morgan fingerprint density at radius 3 is 2.59 bits per heavy atom. The van der Waals surface area contributed by atoms with Crippen LogP contribution in [0.1, 0.15) is 61.3 Å². The quantitative estimate of drug-likeness (QED) is 0.378. The minimum atomic E-state index is -0.749. The summed E-state index contributed by atoms with van der Waals surface area (Å²) in [6.45, 7) is 8.69. The van der Waals surface area contributed by atoms with Crippen LogP contribution < -0.4 is 0 Å². The summed E-state index contributed by atoms with van der Waals surface area (Å²) in [5, 5.41) is 0.371. The van der Waals surface area contributed by atoms with Gasteiger partial charge < -0.3 is 14.4 Å². The highest BCUT2D eigenvalue weighted by Gasteiger charge is 2.52. The van der Waals surface area contributed by atoms with Crippen LogP contribution in [0, 0.1) is 0 Å². The predicted octanol–water partition coefficient (Wildman–Crippen LogP) is 5.13. The predicted molar refractivity (Wildman–Crippen MR) is 125 cm³/mol. The lowest BCUT2D eigenvalue weighted by molar-refractivity contribution is -0.137. The maximum absolute atomic E-state index is 13.0. The normalized spacial score (nSPS) is 18.6. The summed E-state index contributed by atoms with van der Waals surface area (Å²) in [5.41, 5.74) is 2.21. The van der Waals surface area contributed by atoms with Gasteiger partial charge in [-0.3, -0.25) is 4.79 Å². The van der Waals surface area contributed by atoms with Crippen molar-refractivity contribution in [2.24, 2.45) is 0 Å². The fourth-order valence-electron chi connectivity index (χ4n) is 4.13. The molecular formula is C24H27ClN2O4S. The summed E-state index contributed by atoms with van der Waals surface area (Å²) in [7, 11) is 0. The number of likely N-dealkylation sites (tertiary alicyclic amines) is 1. The van der Waals surface area contributed by atoms with Gasteiger partial charge >= 0.3 is 6.09 Å². The number of thiol groups is 1. The van der Waals surface area contributed by atoms with Crippen molar-refractivity contribution in [1.82, 2.24) is 9.88 Å². The van der Waals surface area contributed by atoms with Gasteiger partial charge in [-0.1, -0.05) is 29.8 Å². The van der Waals surface area contributed by atoms with Gasteiger partial charge in [-0.25, -0.2) is 9.78 Å². The Balaban J connectivity index is 1.45. The number of carbonyl (C=O) groups is 2. The minimum absolute atomic E-state index is 0.0305. The zero-order chi connectivity index (χ0) is 23.3. The van der Waals surface area contributed by atoms with Gasteiger partial charge in [0.2, 0.25) is 0 Å². The third-order valence-electron chi connectivity index (χ3n) is 5.74. The van der Waals surface area contributed by atoms with Crippen molar-refractivity contribution in [3.8, 4) is 0 Å². The Labute approximate surface area is 198 Å². The first-order valence-corrected chi connectivity index (χ1v) is 11.4. The van der Waals surface area contributed by atoms with Crippen LogP contribution >= 0.6 is 24.2 Å². The Hall–Kier alpha value is -2.09. The molecule has 0 saturated carbocycles. The van der Waals surface area contributed by atoms with Gasteiger partial charge in [0.15, 0.2) is 5.78 Å². The summed E-state index contributed by atoms with van der Waals surface area (Å²) in [4.78, 5) is 31.3. The number of ketones is 1. The van der Waals surface area contributed by atoms with Crippen molar-refractivity contribution in [2.45, 2.75) is 56.7 Å². The summed E-state index contributed by atoms with van der Waals surface area (Å²) >= 11 is 10.7. The maximum Gasteiger partial charge on any atom is 0.410 e. The lowest BCUT2D eigenvalue weighted by Crippen LogP contribution is -2.61. The second-order valence-corrected chi connectivity index (χ2v) is 11.1. The van der Waals surface area contributed by atoms with E-state index in [1.807, 2.05) is 52.0 Å². The minimum Gasteiger partial charge on any atom is -0.444 e. The molecule has 6 nitrogen and oxygen atoms in total. The number of rotatable bonds is 4. The number of pyridine rings is 1. The van der Waals surface area contributed by atoms with Crippen molar-refractivity contribution in [3.63, 3.8) is 0 Å². The molecule has 2 aliphatic rings. The molecule has 0 bridgehead atoms. The molecule has 2 aliphatic heterocycles. The molecule has 1 unspecified atom stereocenters. The first kappa shape index (κ1) is 23.1. The molecule has 1 saturated heterocycles. The number of halogens is 1. The number of hydrogen-bond acceptors (Lipinski definition) is 6. The third kappa shape index (κ3) is 4.51. The third-order valence-corrected chi connectivity index (χ3v) is 6.34. The van der Waals surface area contributed by atoms with Gasteiger partial charge in [0.1, 0.15) is 16.4 Å². The molecule has 170 valence electrons. The lowest BCUT2D eigenvalue weighted by Gasteiger charge is -2.47. The van der Waals surface area contributed by atoms with Crippen LogP contribution in [0.5, 0.6) is 0 Å². The molecule has 1 aromatic heterocycles. The standard InChI is InChI=1S/C24H27ClN2O4S/c1-22(2,3)31-21(29)27-13-24(14-27)17-9-8-15(10-16(17)12-30-24)18(28)11-23(4,32)19-6-5-7-20(25)26-19/h5-10,32H,11-14H2,1-4H3. The molecule has 0 N–H and O–H groups in total. The Morgan fingerprint density at radius 1 is 1.22 bits per heavy atom. The molecule has 1 spiro atoms. The number of fused-ring (bicyclic) bond motifs is 2. The highest BCUT2D eigenvalue weighted by molar-refractivity contribution is 7.81. The van der Waals surface area contributed by atoms with E-state index >= 15 is 0 Å². The Kier molecular flexibility index (Phi) is 5.80. The van der Waals surface area contributed by atoms with Crippen LogP contribution in [0.4, 0.5) is 4.79 Å². The molecule has 3 heterocycles. The van der Waals surface area contributed by atoms with Gasteiger partial charge in [-0.15, -0.1) is 0 Å². The summed E-state index contributed by atoms with van der Waals surface area (Å²) in [6, 6.07) is 11.0. The number of carbonyl (C=O) groups excluding carboxylic acids is 2. The summed E-state index contributed by atoms with van der Waals surface area (Å²) in [6.07, 6.45) is -0.157. The smallest absolute Gasteiger partial charge is 0.410 e. The van der Waals surface area contributed by atoms with Crippen LogP contribution in [-0.2, 0) is 26.4 Å². The fraction of sp³-hybridized carbons (Fsp3) is 0.458. The monoisotopic (exact) mass is 474 g/mol.